The van der Waals surface area contributed by atoms with E-state index in [-0.39, 0.29) is 6.04 Å². The van der Waals surface area contributed by atoms with Crippen molar-refractivity contribution >= 4 is 0 Å². The SMILES string of the molecule is Cc1cccc(C(N)CNC(C)C)c1. The molecule has 0 heterocycles. The van der Waals surface area contributed by atoms with Crippen LogP contribution in [0.25, 0.3) is 0 Å². The number of nitrogens with two attached hydrogens (primary N) is 1. The molecule has 1 atom stereocenters. The molecule has 1 aromatic carbocycles. The Morgan fingerprint density at radius 1 is 1.36 bits per heavy atom. The standard InChI is InChI=1S/C12H20N2/c1-9(2)14-8-12(13)11-6-4-5-10(3)7-11/h4-7,9,12,14H,8,13H2,1-3H3. The summed E-state index contributed by atoms with van der Waals surface area (Å²) in [6, 6.07) is 8.96. The quantitative estimate of drug-likeness (QED) is 0.765. The first-order valence-corrected chi connectivity index (χ1v) is 5.15. The van der Waals surface area contributed by atoms with E-state index in [1.807, 2.05) is 0 Å². The van der Waals surface area contributed by atoms with Crippen molar-refractivity contribution in [3.8, 4) is 0 Å². The summed E-state index contributed by atoms with van der Waals surface area (Å²) in [7, 11) is 0. The second kappa shape index (κ2) is 5.13. The summed E-state index contributed by atoms with van der Waals surface area (Å²) in [5, 5.41) is 3.34. The normalized spacial score (nSPS) is 13.2. The summed E-state index contributed by atoms with van der Waals surface area (Å²) in [5.41, 5.74) is 8.52. The van der Waals surface area contributed by atoms with Gasteiger partial charge in [-0.3, -0.25) is 0 Å². The molecule has 14 heavy (non-hydrogen) atoms. The number of aryl methyl sites for hydroxylation is 1. The first-order chi connectivity index (χ1) is 6.59. The fraction of sp³-hybridized carbons (Fsp3) is 0.500. The molecular formula is C12H20N2. The largest absolute Gasteiger partial charge is 0.323 e. The maximum absolute atomic E-state index is 6.05. The van der Waals surface area contributed by atoms with Gasteiger partial charge in [-0.25, -0.2) is 0 Å². The molecular weight excluding hydrogens is 172 g/mol. The van der Waals surface area contributed by atoms with Crippen LogP contribution in [-0.4, -0.2) is 12.6 Å². The lowest BCUT2D eigenvalue weighted by atomic mass is 10.1. The molecule has 0 amide bonds. The van der Waals surface area contributed by atoms with E-state index in [0.29, 0.717) is 6.04 Å². The van der Waals surface area contributed by atoms with E-state index in [1.54, 1.807) is 0 Å². The molecule has 0 aliphatic heterocycles. The fourth-order valence-electron chi connectivity index (χ4n) is 1.38. The lowest BCUT2D eigenvalue weighted by Crippen LogP contribution is -2.31. The first-order valence-electron chi connectivity index (χ1n) is 5.15. The van der Waals surface area contributed by atoms with E-state index in [1.165, 1.54) is 11.1 Å². The number of hydrogen-bond donors (Lipinski definition) is 2. The van der Waals surface area contributed by atoms with Gasteiger partial charge in [0, 0.05) is 18.6 Å². The molecule has 0 aliphatic carbocycles. The van der Waals surface area contributed by atoms with Crippen LogP contribution in [0.4, 0.5) is 0 Å². The van der Waals surface area contributed by atoms with Crippen molar-refractivity contribution < 1.29 is 0 Å². The maximum atomic E-state index is 6.05. The van der Waals surface area contributed by atoms with Crippen molar-refractivity contribution in [3.05, 3.63) is 35.4 Å². The highest BCUT2D eigenvalue weighted by atomic mass is 14.9. The van der Waals surface area contributed by atoms with E-state index in [0.717, 1.165) is 6.54 Å². The summed E-state index contributed by atoms with van der Waals surface area (Å²) in [5.74, 6) is 0. The number of benzene rings is 1. The van der Waals surface area contributed by atoms with Gasteiger partial charge in [-0.15, -0.1) is 0 Å². The highest BCUT2D eigenvalue weighted by Gasteiger charge is 2.05. The minimum atomic E-state index is 0.0947. The molecule has 2 heteroatoms. The van der Waals surface area contributed by atoms with Gasteiger partial charge >= 0.3 is 0 Å². The maximum Gasteiger partial charge on any atom is 0.0421 e. The van der Waals surface area contributed by atoms with Crippen molar-refractivity contribution in [2.24, 2.45) is 5.73 Å². The highest BCUT2D eigenvalue weighted by Crippen LogP contribution is 2.11. The van der Waals surface area contributed by atoms with Gasteiger partial charge in [-0.1, -0.05) is 43.7 Å². The second-order valence-corrected chi connectivity index (χ2v) is 4.08. The van der Waals surface area contributed by atoms with Gasteiger partial charge in [0.2, 0.25) is 0 Å². The molecule has 1 unspecified atom stereocenters. The van der Waals surface area contributed by atoms with Crippen LogP contribution >= 0.6 is 0 Å². The van der Waals surface area contributed by atoms with E-state index in [2.05, 4.69) is 50.4 Å². The minimum Gasteiger partial charge on any atom is -0.323 e. The molecule has 0 aromatic heterocycles. The Balaban J connectivity index is 2.56. The van der Waals surface area contributed by atoms with Gasteiger partial charge in [-0.2, -0.15) is 0 Å². The van der Waals surface area contributed by atoms with Gasteiger partial charge in [0.15, 0.2) is 0 Å². The summed E-state index contributed by atoms with van der Waals surface area (Å²) < 4.78 is 0. The van der Waals surface area contributed by atoms with Crippen LogP contribution in [0.3, 0.4) is 0 Å². The van der Waals surface area contributed by atoms with Gasteiger partial charge in [0.25, 0.3) is 0 Å². The molecule has 1 rings (SSSR count). The summed E-state index contributed by atoms with van der Waals surface area (Å²) in [6.07, 6.45) is 0. The Bertz CT molecular complexity index is 281. The third kappa shape index (κ3) is 3.48. The molecule has 0 radical (unpaired) electrons. The Kier molecular flexibility index (Phi) is 4.11. The lowest BCUT2D eigenvalue weighted by molar-refractivity contribution is 0.537. The number of hydrogen-bond acceptors (Lipinski definition) is 2. The average Bonchev–Trinajstić information content (AvgIpc) is 2.14. The van der Waals surface area contributed by atoms with Crippen molar-refractivity contribution in [1.82, 2.24) is 5.32 Å². The number of nitrogens with one attached hydrogen (secondary N) is 1. The third-order valence-electron chi connectivity index (χ3n) is 2.22. The zero-order chi connectivity index (χ0) is 10.6. The predicted octanol–water partition coefficient (Wildman–Crippen LogP) is 1.99. The van der Waals surface area contributed by atoms with E-state index in [9.17, 15) is 0 Å². The van der Waals surface area contributed by atoms with Crippen LogP contribution in [0.15, 0.2) is 24.3 Å². The molecule has 0 saturated heterocycles. The third-order valence-corrected chi connectivity index (χ3v) is 2.22. The van der Waals surface area contributed by atoms with Crippen LogP contribution in [0.5, 0.6) is 0 Å². The van der Waals surface area contributed by atoms with Gasteiger partial charge in [0.05, 0.1) is 0 Å². The molecule has 78 valence electrons. The van der Waals surface area contributed by atoms with Gasteiger partial charge < -0.3 is 11.1 Å². The Labute approximate surface area is 86.5 Å². The van der Waals surface area contributed by atoms with E-state index < -0.39 is 0 Å². The smallest absolute Gasteiger partial charge is 0.0421 e. The molecule has 0 aliphatic rings. The lowest BCUT2D eigenvalue weighted by Gasteiger charge is -2.15. The minimum absolute atomic E-state index is 0.0947. The van der Waals surface area contributed by atoms with Crippen LogP contribution in [0, 0.1) is 6.92 Å². The van der Waals surface area contributed by atoms with Crippen molar-refractivity contribution in [2.45, 2.75) is 32.9 Å². The summed E-state index contributed by atoms with van der Waals surface area (Å²) in [4.78, 5) is 0. The molecule has 2 nitrogen and oxygen atoms in total. The summed E-state index contributed by atoms with van der Waals surface area (Å²) in [6.45, 7) is 7.18. The zero-order valence-electron chi connectivity index (χ0n) is 9.25. The molecule has 0 bridgehead atoms. The molecule has 0 fully saturated rings. The van der Waals surface area contributed by atoms with Crippen LogP contribution < -0.4 is 11.1 Å². The Hall–Kier alpha value is -0.860. The predicted molar refractivity (Wildman–Crippen MR) is 61.2 cm³/mol. The average molecular weight is 192 g/mol. The number of rotatable bonds is 4. The fourth-order valence-corrected chi connectivity index (χ4v) is 1.38. The zero-order valence-corrected chi connectivity index (χ0v) is 9.25. The Morgan fingerprint density at radius 2 is 2.07 bits per heavy atom. The summed E-state index contributed by atoms with van der Waals surface area (Å²) >= 11 is 0. The molecule has 3 N–H and O–H groups in total. The first kappa shape index (κ1) is 11.2. The molecule has 1 aromatic rings. The van der Waals surface area contributed by atoms with Crippen LogP contribution in [-0.2, 0) is 0 Å². The monoisotopic (exact) mass is 192 g/mol. The topological polar surface area (TPSA) is 38.0 Å². The Morgan fingerprint density at radius 3 is 2.64 bits per heavy atom. The van der Waals surface area contributed by atoms with Gasteiger partial charge in [0.1, 0.15) is 0 Å². The van der Waals surface area contributed by atoms with Crippen LogP contribution in [0.2, 0.25) is 0 Å². The van der Waals surface area contributed by atoms with Crippen molar-refractivity contribution in [3.63, 3.8) is 0 Å². The molecule has 0 saturated carbocycles. The van der Waals surface area contributed by atoms with E-state index in [4.69, 9.17) is 5.73 Å². The highest BCUT2D eigenvalue weighted by molar-refractivity contribution is 5.24. The van der Waals surface area contributed by atoms with Crippen LogP contribution in [0.1, 0.15) is 31.0 Å². The van der Waals surface area contributed by atoms with Crippen molar-refractivity contribution in [1.29, 1.82) is 0 Å². The van der Waals surface area contributed by atoms with E-state index >= 15 is 0 Å². The second-order valence-electron chi connectivity index (χ2n) is 4.08. The van der Waals surface area contributed by atoms with Gasteiger partial charge in [-0.05, 0) is 12.5 Å². The molecule has 0 spiro atoms. The van der Waals surface area contributed by atoms with Crippen molar-refractivity contribution in [2.75, 3.05) is 6.54 Å².